The van der Waals surface area contributed by atoms with Gasteiger partial charge in [-0.15, -0.1) is 0 Å². The minimum absolute atomic E-state index is 0.0680. The van der Waals surface area contributed by atoms with Gasteiger partial charge in [-0.3, -0.25) is 0 Å². The van der Waals surface area contributed by atoms with Crippen molar-refractivity contribution in [3.8, 4) is 0 Å². The maximum atomic E-state index is 6.61. The highest BCUT2D eigenvalue weighted by molar-refractivity contribution is 5.93. The normalized spacial score (nSPS) is 23.4. The van der Waals surface area contributed by atoms with Crippen molar-refractivity contribution in [3.05, 3.63) is 101 Å². The second-order valence-electron chi connectivity index (χ2n) is 11.0. The Morgan fingerprint density at radius 1 is 0.611 bits per heavy atom. The maximum absolute atomic E-state index is 6.61. The summed E-state index contributed by atoms with van der Waals surface area (Å²) in [7, 11) is 0. The Balaban J connectivity index is 1.34. The summed E-state index contributed by atoms with van der Waals surface area (Å²) in [6.07, 6.45) is 13.6. The molecule has 36 heavy (non-hydrogen) atoms. The number of nitrogens with zero attached hydrogens (tertiary/aromatic N) is 2. The van der Waals surface area contributed by atoms with E-state index in [1.54, 1.807) is 0 Å². The van der Waals surface area contributed by atoms with Gasteiger partial charge in [-0.2, -0.15) is 0 Å². The van der Waals surface area contributed by atoms with Gasteiger partial charge in [-0.25, -0.2) is 9.98 Å². The van der Waals surface area contributed by atoms with Crippen LogP contribution in [0.5, 0.6) is 0 Å². The number of pyridine rings is 1. The molecule has 2 fully saturated rings. The molecule has 0 N–H and O–H groups in total. The van der Waals surface area contributed by atoms with Crippen molar-refractivity contribution in [2.75, 3.05) is 0 Å². The summed E-state index contributed by atoms with van der Waals surface area (Å²) < 4.78 is 6.61. The molecule has 0 amide bonds. The van der Waals surface area contributed by atoms with Crippen LogP contribution < -0.4 is 0 Å². The number of hydrogen-bond acceptors (Lipinski definition) is 3. The fourth-order valence-electron chi connectivity index (χ4n) is 6.94. The van der Waals surface area contributed by atoms with Gasteiger partial charge in [0, 0.05) is 11.6 Å². The molecule has 186 valence electrons. The minimum atomic E-state index is -0.137. The number of rotatable bonds is 6. The van der Waals surface area contributed by atoms with E-state index in [0.717, 1.165) is 23.1 Å². The Hall–Kier alpha value is -2.94. The monoisotopic (exact) mass is 478 g/mol. The van der Waals surface area contributed by atoms with Crippen LogP contribution in [0.4, 0.5) is 0 Å². The Morgan fingerprint density at radius 3 is 1.81 bits per heavy atom. The molecule has 3 heteroatoms. The molecule has 2 atom stereocenters. The zero-order chi connectivity index (χ0) is 24.2. The van der Waals surface area contributed by atoms with Crippen LogP contribution in [0.15, 0.2) is 83.9 Å². The highest BCUT2D eigenvalue weighted by Gasteiger charge is 2.36. The van der Waals surface area contributed by atoms with Crippen LogP contribution in [0.25, 0.3) is 0 Å². The van der Waals surface area contributed by atoms with Crippen molar-refractivity contribution in [1.82, 2.24) is 4.98 Å². The molecule has 2 aliphatic carbocycles. The van der Waals surface area contributed by atoms with Gasteiger partial charge in [-0.05, 0) is 60.8 Å². The zero-order valence-corrected chi connectivity index (χ0v) is 21.3. The van der Waals surface area contributed by atoms with Crippen LogP contribution in [0.1, 0.15) is 105 Å². The molecule has 0 radical (unpaired) electrons. The van der Waals surface area contributed by atoms with E-state index in [1.165, 1.54) is 75.5 Å². The summed E-state index contributed by atoms with van der Waals surface area (Å²) in [5.74, 6) is 2.79. The van der Waals surface area contributed by atoms with E-state index in [4.69, 9.17) is 14.7 Å². The van der Waals surface area contributed by atoms with Gasteiger partial charge in [0.05, 0.1) is 0 Å². The molecule has 0 spiro atoms. The third kappa shape index (κ3) is 4.98. The molecule has 0 saturated heterocycles. The van der Waals surface area contributed by atoms with Crippen LogP contribution in [0, 0.1) is 11.8 Å². The van der Waals surface area contributed by atoms with Crippen LogP contribution in [-0.4, -0.2) is 10.9 Å². The first-order chi connectivity index (χ1) is 17.9. The third-order valence-electron chi connectivity index (χ3n) is 8.70. The molecule has 6 rings (SSSR count). The number of hydrogen-bond donors (Lipinski definition) is 0. The SMILES string of the molecule is c1ccc([C@H]2N=C(c3cccc(C(C4CCCCC4)C4CCCCC4)n3)O[C@H]2c2ccccc2)cc1. The number of benzene rings is 2. The summed E-state index contributed by atoms with van der Waals surface area (Å²) in [5.41, 5.74) is 4.50. The molecule has 0 bridgehead atoms. The molecule has 0 unspecified atom stereocenters. The summed E-state index contributed by atoms with van der Waals surface area (Å²) in [6.45, 7) is 0. The first-order valence-electron chi connectivity index (χ1n) is 14.2. The zero-order valence-electron chi connectivity index (χ0n) is 21.3. The molecule has 1 aliphatic heterocycles. The highest BCUT2D eigenvalue weighted by atomic mass is 16.5. The van der Waals surface area contributed by atoms with E-state index in [9.17, 15) is 0 Å². The van der Waals surface area contributed by atoms with E-state index in [2.05, 4.69) is 78.9 Å². The van der Waals surface area contributed by atoms with E-state index < -0.39 is 0 Å². The summed E-state index contributed by atoms with van der Waals surface area (Å²) in [6, 6.07) is 27.5. The lowest BCUT2D eigenvalue weighted by molar-refractivity contribution is 0.194. The van der Waals surface area contributed by atoms with Crippen LogP contribution in [-0.2, 0) is 4.74 Å². The molecule has 3 aromatic rings. The van der Waals surface area contributed by atoms with Crippen LogP contribution >= 0.6 is 0 Å². The van der Waals surface area contributed by atoms with Gasteiger partial charge >= 0.3 is 0 Å². The van der Waals surface area contributed by atoms with Gasteiger partial charge in [0.15, 0.2) is 6.10 Å². The van der Waals surface area contributed by atoms with Crippen LogP contribution in [0.2, 0.25) is 0 Å². The average molecular weight is 479 g/mol. The van der Waals surface area contributed by atoms with Gasteiger partial charge in [0.1, 0.15) is 11.7 Å². The lowest BCUT2D eigenvalue weighted by atomic mass is 9.68. The Kier molecular flexibility index (Phi) is 7.16. The minimum Gasteiger partial charge on any atom is -0.465 e. The molecule has 3 nitrogen and oxygen atoms in total. The predicted octanol–water partition coefficient (Wildman–Crippen LogP) is 8.59. The van der Waals surface area contributed by atoms with Crippen LogP contribution in [0.3, 0.4) is 0 Å². The smallest absolute Gasteiger partial charge is 0.236 e. The largest absolute Gasteiger partial charge is 0.465 e. The summed E-state index contributed by atoms with van der Waals surface area (Å²) in [4.78, 5) is 10.4. The molecular formula is C33H38N2O. The molecule has 2 heterocycles. The van der Waals surface area contributed by atoms with Gasteiger partial charge in [0.25, 0.3) is 0 Å². The molecule has 1 aromatic heterocycles. The highest BCUT2D eigenvalue weighted by Crippen LogP contribution is 2.46. The average Bonchev–Trinajstić information content (AvgIpc) is 3.41. The van der Waals surface area contributed by atoms with E-state index >= 15 is 0 Å². The fraction of sp³-hybridized carbons (Fsp3) is 0.455. The van der Waals surface area contributed by atoms with E-state index in [-0.39, 0.29) is 12.1 Å². The second kappa shape index (κ2) is 11.0. The number of aliphatic imine (C=N–C) groups is 1. The maximum Gasteiger partial charge on any atom is 0.236 e. The quantitative estimate of drug-likeness (QED) is 0.355. The number of aromatic nitrogens is 1. The molecular weight excluding hydrogens is 440 g/mol. The first kappa shape index (κ1) is 23.5. The van der Waals surface area contributed by atoms with Crippen molar-refractivity contribution in [2.45, 2.75) is 82.3 Å². The third-order valence-corrected chi connectivity index (χ3v) is 8.70. The lowest BCUT2D eigenvalue weighted by Gasteiger charge is -2.37. The summed E-state index contributed by atoms with van der Waals surface area (Å²) >= 11 is 0. The molecule has 2 saturated carbocycles. The predicted molar refractivity (Wildman–Crippen MR) is 146 cm³/mol. The van der Waals surface area contributed by atoms with Crippen molar-refractivity contribution in [1.29, 1.82) is 0 Å². The Labute approximate surface area is 216 Å². The molecule has 2 aromatic carbocycles. The van der Waals surface area contributed by atoms with Gasteiger partial charge in [-0.1, -0.05) is 105 Å². The first-order valence-corrected chi connectivity index (χ1v) is 14.2. The summed E-state index contributed by atoms with van der Waals surface area (Å²) in [5, 5.41) is 0. The standard InChI is InChI=1S/C33H38N2O/c1-5-14-24(15-6-1)30(25-16-7-2-8-17-25)28-22-13-23-29(34-28)33-35-31(26-18-9-3-10-19-26)32(36-33)27-20-11-4-12-21-27/h3-4,9-13,18-25,30-32H,1-2,5-8,14-17H2/t31-,32+/m1/s1. The number of ether oxygens (including phenoxy) is 1. The lowest BCUT2D eigenvalue weighted by Crippen LogP contribution is -2.26. The van der Waals surface area contributed by atoms with Crippen molar-refractivity contribution in [3.63, 3.8) is 0 Å². The van der Waals surface area contributed by atoms with Gasteiger partial charge in [0.2, 0.25) is 5.90 Å². The van der Waals surface area contributed by atoms with Crippen molar-refractivity contribution in [2.24, 2.45) is 16.8 Å². The Bertz CT molecular complexity index is 1130. The molecule has 3 aliphatic rings. The van der Waals surface area contributed by atoms with Crippen molar-refractivity contribution < 1.29 is 4.74 Å². The van der Waals surface area contributed by atoms with Gasteiger partial charge < -0.3 is 4.74 Å². The topological polar surface area (TPSA) is 34.5 Å². The second-order valence-corrected chi connectivity index (χ2v) is 11.0. The van der Waals surface area contributed by atoms with E-state index in [1.807, 2.05) is 0 Å². The van der Waals surface area contributed by atoms with E-state index in [0.29, 0.717) is 11.8 Å². The van der Waals surface area contributed by atoms with Crippen molar-refractivity contribution >= 4 is 5.90 Å². The fourth-order valence-corrected chi connectivity index (χ4v) is 6.94. The Morgan fingerprint density at radius 2 is 1.19 bits per heavy atom.